The second-order valence-corrected chi connectivity index (χ2v) is 11.9. The van der Waals surface area contributed by atoms with Crippen molar-refractivity contribution in [2.75, 3.05) is 6.61 Å². The topological polar surface area (TPSA) is 60.7 Å². The first-order valence-corrected chi connectivity index (χ1v) is 17.9. The maximum atomic E-state index is 9.84. The highest BCUT2D eigenvalue weighted by Crippen LogP contribution is 2.15. The Morgan fingerprint density at radius 2 is 0.864 bits per heavy atom. The number of rotatable bonds is 29. The van der Waals surface area contributed by atoms with Crippen LogP contribution in [0.4, 0.5) is 0 Å². The van der Waals surface area contributed by atoms with Crippen LogP contribution in [0.1, 0.15) is 167 Å². The highest BCUT2D eigenvalue weighted by molar-refractivity contribution is 5.36. The summed E-state index contributed by atoms with van der Waals surface area (Å²) in [4.78, 5) is 0. The number of hydrogen-bond donors (Lipinski definition) is 3. The molecule has 2 atom stereocenters. The van der Waals surface area contributed by atoms with Crippen LogP contribution in [0.5, 0.6) is 0 Å². The van der Waals surface area contributed by atoms with Gasteiger partial charge >= 0.3 is 0 Å². The first-order valence-electron chi connectivity index (χ1n) is 17.9. The van der Waals surface area contributed by atoms with E-state index in [1.165, 1.54) is 141 Å². The molecule has 3 heteroatoms. The smallest absolute Gasteiger partial charge is 0.133 e. The Hall–Kier alpha value is -2.40. The summed E-state index contributed by atoms with van der Waals surface area (Å²) in [5.41, 5.74) is 0. The molecule has 0 bridgehead atoms. The average molecular weight is 605 g/mol. The Bertz CT molecular complexity index is 905. The van der Waals surface area contributed by atoms with Gasteiger partial charge in [-0.3, -0.25) is 0 Å². The summed E-state index contributed by atoms with van der Waals surface area (Å²) >= 11 is 0. The Balaban J connectivity index is 3.26. The summed E-state index contributed by atoms with van der Waals surface area (Å²) in [5, 5.41) is 27.6. The molecule has 0 amide bonds. The maximum absolute atomic E-state index is 9.84. The van der Waals surface area contributed by atoms with Gasteiger partial charge in [0.15, 0.2) is 0 Å². The fraction of sp³-hybridized carbons (Fsp3) is 0.707. The summed E-state index contributed by atoms with van der Waals surface area (Å²) in [5.74, 6) is 17.6. The van der Waals surface area contributed by atoms with Crippen molar-refractivity contribution in [2.45, 2.75) is 179 Å². The van der Waals surface area contributed by atoms with Gasteiger partial charge in [0.25, 0.3) is 0 Å². The van der Waals surface area contributed by atoms with E-state index in [9.17, 15) is 10.2 Å². The molecule has 0 aromatic heterocycles. The van der Waals surface area contributed by atoms with Crippen LogP contribution in [0.15, 0.2) is 24.3 Å². The highest BCUT2D eigenvalue weighted by atomic mass is 16.3. The molecule has 44 heavy (non-hydrogen) atoms. The van der Waals surface area contributed by atoms with Crippen LogP contribution in [0.2, 0.25) is 0 Å². The van der Waals surface area contributed by atoms with Crippen molar-refractivity contribution in [3.8, 4) is 47.9 Å². The molecule has 0 heterocycles. The van der Waals surface area contributed by atoms with Crippen LogP contribution in [0, 0.1) is 47.9 Å². The van der Waals surface area contributed by atoms with Gasteiger partial charge in [-0.2, -0.15) is 0 Å². The van der Waals surface area contributed by atoms with Crippen molar-refractivity contribution in [2.24, 2.45) is 0 Å². The van der Waals surface area contributed by atoms with Gasteiger partial charge in [-0.25, -0.2) is 0 Å². The van der Waals surface area contributed by atoms with Crippen LogP contribution in [0.3, 0.4) is 0 Å². The Morgan fingerprint density at radius 3 is 1.30 bits per heavy atom. The van der Waals surface area contributed by atoms with Gasteiger partial charge in [0.2, 0.25) is 0 Å². The predicted molar refractivity (Wildman–Crippen MR) is 190 cm³/mol. The minimum Gasteiger partial charge on any atom is -0.384 e. The number of unbranched alkanes of at least 4 members (excludes halogenated alkanes) is 23. The third kappa shape index (κ3) is 35.8. The Labute approximate surface area is 272 Å². The first kappa shape index (κ1) is 41.6. The Kier molecular flexibility index (Phi) is 34.8. The summed E-state index contributed by atoms with van der Waals surface area (Å²) in [6, 6.07) is 0. The normalized spacial score (nSPS) is 12.1. The van der Waals surface area contributed by atoms with Crippen molar-refractivity contribution >= 4 is 0 Å². The van der Waals surface area contributed by atoms with Gasteiger partial charge in [-0.05, 0) is 81.1 Å². The van der Waals surface area contributed by atoms with E-state index in [-0.39, 0.29) is 6.61 Å². The third-order valence-corrected chi connectivity index (χ3v) is 7.84. The SMILES string of the molecule is C#CC(O)/C=C/CCCCCCCCCCCC/C=C/CCCCCCCCCCCCCCC(O)C#CC#CC#CCO. The molecule has 0 aromatic rings. The van der Waals surface area contributed by atoms with Crippen LogP contribution >= 0.6 is 0 Å². The minimum absolute atomic E-state index is 0.197. The summed E-state index contributed by atoms with van der Waals surface area (Å²) in [6.45, 7) is -0.197. The van der Waals surface area contributed by atoms with E-state index in [2.05, 4.69) is 53.6 Å². The standard InChI is InChI=1S/C41H64O3/c1-2-40(43)36-32-28-25-23-21-19-17-15-13-11-9-7-5-3-4-6-8-10-12-14-16-18-20-22-24-26-29-33-37-41(44)38-34-30-27-31-35-39-42/h1,3-4,32,36,40-44H,5-26,28-29,33,37,39H2/b4-3+,36-32+. The first-order chi connectivity index (χ1) is 21.7. The molecule has 3 nitrogen and oxygen atoms in total. The predicted octanol–water partition coefficient (Wildman–Crippen LogP) is 9.60. The zero-order chi connectivity index (χ0) is 32.0. The van der Waals surface area contributed by atoms with E-state index in [0.29, 0.717) is 6.42 Å². The average Bonchev–Trinajstić information content (AvgIpc) is 3.03. The van der Waals surface area contributed by atoms with E-state index in [0.717, 1.165) is 19.3 Å². The molecule has 0 aromatic carbocycles. The molecule has 0 saturated heterocycles. The molecule has 0 spiro atoms. The molecule has 0 rings (SSSR count). The monoisotopic (exact) mass is 604 g/mol. The van der Waals surface area contributed by atoms with Gasteiger partial charge in [-0.1, -0.05) is 152 Å². The van der Waals surface area contributed by atoms with Crippen molar-refractivity contribution in [1.82, 2.24) is 0 Å². The zero-order valence-corrected chi connectivity index (χ0v) is 28.0. The fourth-order valence-corrected chi connectivity index (χ4v) is 5.16. The van der Waals surface area contributed by atoms with E-state index in [4.69, 9.17) is 11.5 Å². The van der Waals surface area contributed by atoms with E-state index < -0.39 is 12.2 Å². The van der Waals surface area contributed by atoms with Crippen molar-refractivity contribution < 1.29 is 15.3 Å². The number of hydrogen-bond acceptors (Lipinski definition) is 3. The maximum Gasteiger partial charge on any atom is 0.133 e. The van der Waals surface area contributed by atoms with Gasteiger partial charge in [-0.15, -0.1) is 6.42 Å². The number of aliphatic hydroxyl groups is 3. The highest BCUT2D eigenvalue weighted by Gasteiger charge is 1.99. The lowest BCUT2D eigenvalue weighted by atomic mass is 10.0. The lowest BCUT2D eigenvalue weighted by Gasteiger charge is -2.04. The molecule has 0 aliphatic heterocycles. The molecule has 0 aliphatic rings. The molecule has 0 radical (unpaired) electrons. The van der Waals surface area contributed by atoms with Gasteiger partial charge < -0.3 is 15.3 Å². The van der Waals surface area contributed by atoms with Crippen LogP contribution < -0.4 is 0 Å². The minimum atomic E-state index is -0.721. The molecular formula is C41H64O3. The summed E-state index contributed by atoms with van der Waals surface area (Å²) in [6.07, 6.45) is 45.6. The lowest BCUT2D eigenvalue weighted by Crippen LogP contribution is -2.01. The molecule has 0 aliphatic carbocycles. The largest absolute Gasteiger partial charge is 0.384 e. The van der Waals surface area contributed by atoms with Crippen molar-refractivity contribution in [3.63, 3.8) is 0 Å². The van der Waals surface area contributed by atoms with Crippen LogP contribution in [-0.2, 0) is 0 Å². The zero-order valence-electron chi connectivity index (χ0n) is 28.0. The summed E-state index contributed by atoms with van der Waals surface area (Å²) < 4.78 is 0. The van der Waals surface area contributed by atoms with Crippen molar-refractivity contribution in [3.05, 3.63) is 24.3 Å². The number of terminal acetylenes is 1. The quantitative estimate of drug-likeness (QED) is 0.0453. The van der Waals surface area contributed by atoms with Crippen LogP contribution in [0.25, 0.3) is 0 Å². The van der Waals surface area contributed by atoms with Gasteiger partial charge in [0.1, 0.15) is 18.8 Å². The molecular weight excluding hydrogens is 540 g/mol. The van der Waals surface area contributed by atoms with E-state index >= 15 is 0 Å². The van der Waals surface area contributed by atoms with E-state index in [1.807, 2.05) is 6.08 Å². The second-order valence-electron chi connectivity index (χ2n) is 11.9. The number of allylic oxidation sites excluding steroid dienone is 3. The van der Waals surface area contributed by atoms with E-state index in [1.54, 1.807) is 6.08 Å². The third-order valence-electron chi connectivity index (χ3n) is 7.84. The lowest BCUT2D eigenvalue weighted by molar-refractivity contribution is 0.217. The number of aliphatic hydroxyl groups excluding tert-OH is 3. The molecule has 0 fully saturated rings. The Morgan fingerprint density at radius 1 is 0.477 bits per heavy atom. The molecule has 3 N–H and O–H groups in total. The fourth-order valence-electron chi connectivity index (χ4n) is 5.16. The molecule has 0 saturated carbocycles. The van der Waals surface area contributed by atoms with Crippen molar-refractivity contribution in [1.29, 1.82) is 0 Å². The summed E-state index contributed by atoms with van der Waals surface area (Å²) in [7, 11) is 0. The van der Waals surface area contributed by atoms with Gasteiger partial charge in [0.05, 0.1) is 0 Å². The molecule has 2 unspecified atom stereocenters. The second kappa shape index (κ2) is 36.8. The van der Waals surface area contributed by atoms with Gasteiger partial charge in [0, 0.05) is 0 Å². The van der Waals surface area contributed by atoms with Crippen LogP contribution in [-0.4, -0.2) is 34.1 Å². The molecule has 246 valence electrons.